The second-order valence-corrected chi connectivity index (χ2v) is 3.35. The third-order valence-corrected chi connectivity index (χ3v) is 2.31. The third-order valence-electron chi connectivity index (χ3n) is 2.31. The Hall–Kier alpha value is -1.09. The molecule has 3 heteroatoms. The Morgan fingerprint density at radius 3 is 2.25 bits per heavy atom. The van der Waals surface area contributed by atoms with Gasteiger partial charge in [-0.25, -0.2) is 4.98 Å². The molecule has 0 spiro atoms. The zero-order valence-electron chi connectivity index (χ0n) is 8.05. The first-order chi connectivity index (χ1) is 7.43. The Bertz CT molecular complexity index is 556. The number of benzene rings is 2. The van der Waals surface area contributed by atoms with E-state index >= 15 is 0 Å². The van der Waals surface area contributed by atoms with Gasteiger partial charge in [0.1, 0.15) is 5.52 Å². The molecule has 0 N–H and O–H groups in total. The molecular weight excluding hydrogens is 209 g/mol. The van der Waals surface area contributed by atoms with Crippen molar-refractivity contribution in [3.05, 3.63) is 54.6 Å². The van der Waals surface area contributed by atoms with Gasteiger partial charge in [0.05, 0.1) is 0 Å². The van der Waals surface area contributed by atoms with Gasteiger partial charge in [-0.05, 0) is 24.3 Å². The van der Waals surface area contributed by atoms with Crippen LogP contribution in [0.3, 0.4) is 0 Å². The summed E-state index contributed by atoms with van der Waals surface area (Å²) in [6, 6.07) is 17.7. The molecule has 0 aliphatic rings. The van der Waals surface area contributed by atoms with Crippen molar-refractivity contribution in [3.63, 3.8) is 0 Å². The van der Waals surface area contributed by atoms with Gasteiger partial charge in [-0.3, -0.25) is 0 Å². The number of rotatable bonds is 1. The van der Waals surface area contributed by atoms with Gasteiger partial charge in [0, 0.05) is 5.56 Å². The number of hydrogen-bond acceptors (Lipinski definition) is 2. The van der Waals surface area contributed by atoms with Crippen LogP contribution in [0.4, 0.5) is 0 Å². The molecule has 0 radical (unpaired) electrons. The van der Waals surface area contributed by atoms with Crippen molar-refractivity contribution in [3.8, 4) is 11.5 Å². The van der Waals surface area contributed by atoms with Crippen molar-refractivity contribution in [2.24, 2.45) is 0 Å². The van der Waals surface area contributed by atoms with E-state index in [1.165, 1.54) is 0 Å². The zero-order valence-corrected chi connectivity index (χ0v) is 8.05. The molecule has 1 heterocycles. The Morgan fingerprint density at radius 1 is 0.812 bits per heavy atom. The molecule has 2 aromatic carbocycles. The first kappa shape index (κ1) is 11.4. The second kappa shape index (κ2) is 4.83. The van der Waals surface area contributed by atoms with Crippen LogP contribution in [-0.2, 0) is 0 Å². The Kier molecular flexibility index (Phi) is 3.44. The summed E-state index contributed by atoms with van der Waals surface area (Å²) >= 11 is 0. The van der Waals surface area contributed by atoms with E-state index in [0.717, 1.165) is 16.7 Å². The molecule has 16 heavy (non-hydrogen) atoms. The normalized spacial score (nSPS) is 10.0. The van der Waals surface area contributed by atoms with Crippen molar-refractivity contribution < 1.29 is 4.42 Å². The first-order valence-electron chi connectivity index (χ1n) is 4.84. The van der Waals surface area contributed by atoms with E-state index in [1.54, 1.807) is 0 Å². The van der Waals surface area contributed by atoms with Gasteiger partial charge in [0.15, 0.2) is 5.58 Å². The van der Waals surface area contributed by atoms with E-state index < -0.39 is 0 Å². The first-order valence-corrected chi connectivity index (χ1v) is 4.84. The molecule has 3 aromatic rings. The number of hydrogen-bond donors (Lipinski definition) is 0. The minimum absolute atomic E-state index is 0. The maximum atomic E-state index is 5.64. The molecule has 0 amide bonds. The molecule has 1 aromatic heterocycles. The Morgan fingerprint density at radius 2 is 1.50 bits per heavy atom. The molecule has 0 saturated heterocycles. The topological polar surface area (TPSA) is 26.0 Å². The van der Waals surface area contributed by atoms with Gasteiger partial charge < -0.3 is 4.42 Å². The van der Waals surface area contributed by atoms with Crippen LogP contribution >= 0.6 is 0 Å². The summed E-state index contributed by atoms with van der Waals surface area (Å²) in [5.74, 6) is 0.678. The fourth-order valence-corrected chi connectivity index (χ4v) is 1.58. The molecular formula is C13H10NNaO. The SMILES string of the molecule is [NaH].c1ccc(-c2nc3ccccc3o2)cc1. The third kappa shape index (κ3) is 2.05. The summed E-state index contributed by atoms with van der Waals surface area (Å²) in [7, 11) is 0. The number of aromatic nitrogens is 1. The maximum absolute atomic E-state index is 5.64. The van der Waals surface area contributed by atoms with Gasteiger partial charge >= 0.3 is 29.6 Å². The maximum Gasteiger partial charge on any atom is 0.227 e. The molecule has 2 nitrogen and oxygen atoms in total. The summed E-state index contributed by atoms with van der Waals surface area (Å²) in [4.78, 5) is 4.42. The van der Waals surface area contributed by atoms with Crippen molar-refractivity contribution in [2.75, 3.05) is 0 Å². The fourth-order valence-electron chi connectivity index (χ4n) is 1.58. The van der Waals surface area contributed by atoms with Crippen LogP contribution in [0.1, 0.15) is 0 Å². The van der Waals surface area contributed by atoms with Crippen LogP contribution in [0.25, 0.3) is 22.6 Å². The van der Waals surface area contributed by atoms with Crippen molar-refractivity contribution in [2.45, 2.75) is 0 Å². The van der Waals surface area contributed by atoms with E-state index in [4.69, 9.17) is 4.42 Å². The van der Waals surface area contributed by atoms with Crippen LogP contribution in [0.2, 0.25) is 0 Å². The molecule has 0 atom stereocenters. The molecule has 0 aliphatic carbocycles. The van der Waals surface area contributed by atoms with E-state index in [-0.39, 0.29) is 29.6 Å². The summed E-state index contributed by atoms with van der Waals surface area (Å²) in [6.45, 7) is 0. The van der Waals surface area contributed by atoms with E-state index in [2.05, 4.69) is 4.98 Å². The number of para-hydroxylation sites is 2. The molecule has 0 saturated carbocycles. The Labute approximate surface area is 116 Å². The average molecular weight is 219 g/mol. The second-order valence-electron chi connectivity index (χ2n) is 3.35. The summed E-state index contributed by atoms with van der Waals surface area (Å²) < 4.78 is 5.64. The molecule has 0 unspecified atom stereocenters. The van der Waals surface area contributed by atoms with E-state index in [1.807, 2.05) is 54.6 Å². The molecule has 0 fully saturated rings. The van der Waals surface area contributed by atoms with Crippen molar-refractivity contribution >= 4 is 40.7 Å². The minimum atomic E-state index is 0. The van der Waals surface area contributed by atoms with Gasteiger partial charge in [-0.2, -0.15) is 0 Å². The van der Waals surface area contributed by atoms with E-state index in [0.29, 0.717) is 5.89 Å². The molecule has 0 aliphatic heterocycles. The standard InChI is InChI=1S/C13H9NO.Na.H/c1-2-6-10(7-3-1)13-14-11-8-4-5-9-12(11)15-13;;/h1-9H;;. The van der Waals surface area contributed by atoms with Gasteiger partial charge in [0.25, 0.3) is 0 Å². The Balaban J connectivity index is 0.000000963. The van der Waals surface area contributed by atoms with Crippen molar-refractivity contribution in [1.29, 1.82) is 0 Å². The van der Waals surface area contributed by atoms with E-state index in [9.17, 15) is 0 Å². The summed E-state index contributed by atoms with van der Waals surface area (Å²) in [5.41, 5.74) is 2.74. The minimum Gasteiger partial charge on any atom is -0.436 e. The molecule has 3 rings (SSSR count). The average Bonchev–Trinajstić information content (AvgIpc) is 2.74. The zero-order chi connectivity index (χ0) is 10.1. The van der Waals surface area contributed by atoms with Crippen LogP contribution in [0.5, 0.6) is 0 Å². The van der Waals surface area contributed by atoms with Crippen LogP contribution in [0, 0.1) is 0 Å². The summed E-state index contributed by atoms with van der Waals surface area (Å²) in [6.07, 6.45) is 0. The fraction of sp³-hybridized carbons (Fsp3) is 0. The predicted octanol–water partition coefficient (Wildman–Crippen LogP) is 2.85. The van der Waals surface area contributed by atoms with Gasteiger partial charge in [-0.15, -0.1) is 0 Å². The quantitative estimate of drug-likeness (QED) is 0.588. The smallest absolute Gasteiger partial charge is 0.227 e. The molecule has 74 valence electrons. The van der Waals surface area contributed by atoms with Crippen LogP contribution in [0.15, 0.2) is 59.0 Å². The predicted molar refractivity (Wildman–Crippen MR) is 66.6 cm³/mol. The summed E-state index contributed by atoms with van der Waals surface area (Å²) in [5, 5.41) is 0. The van der Waals surface area contributed by atoms with Crippen LogP contribution in [-0.4, -0.2) is 34.5 Å². The molecule has 0 bridgehead atoms. The van der Waals surface area contributed by atoms with Gasteiger partial charge in [-0.1, -0.05) is 30.3 Å². The number of fused-ring (bicyclic) bond motifs is 1. The van der Waals surface area contributed by atoms with Crippen LogP contribution < -0.4 is 0 Å². The van der Waals surface area contributed by atoms with Crippen molar-refractivity contribution in [1.82, 2.24) is 4.98 Å². The number of nitrogens with zero attached hydrogens (tertiary/aromatic N) is 1. The monoisotopic (exact) mass is 219 g/mol. The van der Waals surface area contributed by atoms with Gasteiger partial charge in [0.2, 0.25) is 5.89 Å². The largest absolute Gasteiger partial charge is 0.436 e. The number of oxazole rings is 1.